The van der Waals surface area contributed by atoms with Crippen LogP contribution >= 0.6 is 0 Å². The molecule has 1 N–H and O–H groups in total. The van der Waals surface area contributed by atoms with Gasteiger partial charge in [0.05, 0.1) is 12.8 Å². The van der Waals surface area contributed by atoms with Gasteiger partial charge in [-0.3, -0.25) is 0 Å². The van der Waals surface area contributed by atoms with E-state index >= 15 is 0 Å². The van der Waals surface area contributed by atoms with Gasteiger partial charge in [-0.05, 0) is 30.0 Å². The zero-order valence-electron chi connectivity index (χ0n) is 9.42. The van der Waals surface area contributed by atoms with Crippen LogP contribution in [-0.2, 0) is 6.42 Å². The molecule has 0 radical (unpaired) electrons. The van der Waals surface area contributed by atoms with Crippen LogP contribution in [0.15, 0.2) is 18.2 Å². The fourth-order valence-electron chi connectivity index (χ4n) is 1.54. The summed E-state index contributed by atoms with van der Waals surface area (Å²) >= 11 is 0. The summed E-state index contributed by atoms with van der Waals surface area (Å²) in [5.74, 6) is 1.60. The molecule has 0 aliphatic heterocycles. The molecule has 0 spiro atoms. The fraction of sp³-hybridized carbons (Fsp3) is 0.500. The topological polar surface area (TPSA) is 21.3 Å². The van der Waals surface area contributed by atoms with Crippen LogP contribution in [0.25, 0.3) is 0 Å². The van der Waals surface area contributed by atoms with Crippen molar-refractivity contribution in [3.05, 3.63) is 23.8 Å². The first-order valence-electron chi connectivity index (χ1n) is 5.02. The Morgan fingerprint density at radius 2 is 2.07 bits per heavy atom. The third-order valence-corrected chi connectivity index (χ3v) is 2.18. The predicted molar refractivity (Wildman–Crippen MR) is 61.1 cm³/mol. The Kier molecular flexibility index (Phi) is 3.81. The van der Waals surface area contributed by atoms with Crippen molar-refractivity contribution in [1.29, 1.82) is 0 Å². The molecule has 0 atom stereocenters. The molecule has 0 aliphatic carbocycles. The number of hydrogen-bond donors (Lipinski definition) is 1. The highest BCUT2D eigenvalue weighted by Gasteiger charge is 2.03. The second-order valence-corrected chi connectivity index (χ2v) is 3.88. The van der Waals surface area contributed by atoms with Gasteiger partial charge >= 0.3 is 0 Å². The van der Waals surface area contributed by atoms with Gasteiger partial charge in [0.2, 0.25) is 0 Å². The summed E-state index contributed by atoms with van der Waals surface area (Å²) in [6.07, 6.45) is 1.10. The molecule has 0 saturated carbocycles. The lowest BCUT2D eigenvalue weighted by molar-refractivity contribution is 0.416. The van der Waals surface area contributed by atoms with Crippen LogP contribution < -0.4 is 10.1 Å². The van der Waals surface area contributed by atoms with Crippen molar-refractivity contribution in [2.75, 3.05) is 19.5 Å². The molecule has 78 valence electrons. The summed E-state index contributed by atoms with van der Waals surface area (Å²) in [5, 5.41) is 3.10. The quantitative estimate of drug-likeness (QED) is 0.793. The van der Waals surface area contributed by atoms with Gasteiger partial charge in [0.1, 0.15) is 5.75 Å². The largest absolute Gasteiger partial charge is 0.495 e. The van der Waals surface area contributed by atoms with Crippen LogP contribution in [0, 0.1) is 5.92 Å². The summed E-state index contributed by atoms with van der Waals surface area (Å²) in [7, 11) is 3.61. The molecule has 0 aliphatic rings. The number of methoxy groups -OCH3 is 1. The summed E-state index contributed by atoms with van der Waals surface area (Å²) < 4.78 is 5.30. The molecular weight excluding hydrogens is 174 g/mol. The highest BCUT2D eigenvalue weighted by molar-refractivity contribution is 5.57. The molecule has 0 aromatic heterocycles. The van der Waals surface area contributed by atoms with E-state index in [1.807, 2.05) is 7.05 Å². The van der Waals surface area contributed by atoms with E-state index in [2.05, 4.69) is 37.4 Å². The molecule has 1 rings (SSSR count). The minimum absolute atomic E-state index is 0.681. The van der Waals surface area contributed by atoms with Crippen LogP contribution in [0.4, 0.5) is 5.69 Å². The van der Waals surface area contributed by atoms with E-state index in [1.165, 1.54) is 5.56 Å². The zero-order chi connectivity index (χ0) is 10.6. The molecule has 1 aromatic rings. The maximum Gasteiger partial charge on any atom is 0.142 e. The van der Waals surface area contributed by atoms with Crippen LogP contribution in [0.2, 0.25) is 0 Å². The number of benzene rings is 1. The molecule has 0 heterocycles. The molecule has 0 bridgehead atoms. The van der Waals surface area contributed by atoms with Crippen molar-refractivity contribution in [2.45, 2.75) is 20.3 Å². The Hall–Kier alpha value is -1.18. The van der Waals surface area contributed by atoms with Crippen molar-refractivity contribution < 1.29 is 4.74 Å². The number of nitrogens with one attached hydrogen (secondary N) is 1. The molecule has 0 unspecified atom stereocenters. The van der Waals surface area contributed by atoms with Gasteiger partial charge < -0.3 is 10.1 Å². The smallest absolute Gasteiger partial charge is 0.142 e. The van der Waals surface area contributed by atoms with Gasteiger partial charge in [-0.15, -0.1) is 0 Å². The first-order chi connectivity index (χ1) is 6.67. The van der Waals surface area contributed by atoms with E-state index in [4.69, 9.17) is 4.74 Å². The Morgan fingerprint density at radius 3 is 2.57 bits per heavy atom. The van der Waals surface area contributed by atoms with Crippen molar-refractivity contribution in [3.8, 4) is 5.75 Å². The lowest BCUT2D eigenvalue weighted by atomic mass is 10.0. The van der Waals surface area contributed by atoms with Crippen LogP contribution in [0.1, 0.15) is 19.4 Å². The average Bonchev–Trinajstić information content (AvgIpc) is 2.16. The van der Waals surface area contributed by atoms with Crippen molar-refractivity contribution in [3.63, 3.8) is 0 Å². The zero-order valence-corrected chi connectivity index (χ0v) is 9.42. The van der Waals surface area contributed by atoms with Crippen LogP contribution in [-0.4, -0.2) is 14.2 Å². The van der Waals surface area contributed by atoms with E-state index < -0.39 is 0 Å². The average molecular weight is 193 g/mol. The Balaban J connectivity index is 2.89. The summed E-state index contributed by atoms with van der Waals surface area (Å²) in [5.41, 5.74) is 2.37. The number of rotatable bonds is 4. The Bertz CT molecular complexity index is 294. The SMILES string of the molecule is CNc1ccc(CC(C)C)cc1OC. The lowest BCUT2D eigenvalue weighted by Gasteiger charge is -2.11. The monoisotopic (exact) mass is 193 g/mol. The van der Waals surface area contributed by atoms with Crippen molar-refractivity contribution in [2.24, 2.45) is 5.92 Å². The number of anilines is 1. The van der Waals surface area contributed by atoms with Gasteiger partial charge in [0.15, 0.2) is 0 Å². The van der Waals surface area contributed by atoms with Gasteiger partial charge in [0, 0.05) is 7.05 Å². The lowest BCUT2D eigenvalue weighted by Crippen LogP contribution is -1.98. The van der Waals surface area contributed by atoms with E-state index in [9.17, 15) is 0 Å². The molecule has 2 heteroatoms. The second-order valence-electron chi connectivity index (χ2n) is 3.88. The third-order valence-electron chi connectivity index (χ3n) is 2.18. The molecule has 0 amide bonds. The van der Waals surface area contributed by atoms with Gasteiger partial charge in [0.25, 0.3) is 0 Å². The molecule has 0 saturated heterocycles. The van der Waals surface area contributed by atoms with Crippen molar-refractivity contribution in [1.82, 2.24) is 0 Å². The van der Waals surface area contributed by atoms with Crippen LogP contribution in [0.5, 0.6) is 5.75 Å². The van der Waals surface area contributed by atoms with Crippen LogP contribution in [0.3, 0.4) is 0 Å². The van der Waals surface area contributed by atoms with Crippen molar-refractivity contribution >= 4 is 5.69 Å². The standard InChI is InChI=1S/C12H19NO/c1-9(2)7-10-5-6-11(13-3)12(8-10)14-4/h5-6,8-9,13H,7H2,1-4H3. The first kappa shape index (κ1) is 10.9. The second kappa shape index (κ2) is 4.89. The number of ether oxygens (including phenoxy) is 1. The van der Waals surface area contributed by atoms with E-state index in [-0.39, 0.29) is 0 Å². The molecule has 2 nitrogen and oxygen atoms in total. The summed E-state index contributed by atoms with van der Waals surface area (Å²) in [4.78, 5) is 0. The van der Waals surface area contributed by atoms with Gasteiger partial charge in [-0.2, -0.15) is 0 Å². The first-order valence-corrected chi connectivity index (χ1v) is 5.02. The minimum atomic E-state index is 0.681. The maximum atomic E-state index is 5.30. The minimum Gasteiger partial charge on any atom is -0.495 e. The predicted octanol–water partition coefficient (Wildman–Crippen LogP) is 2.94. The Morgan fingerprint density at radius 1 is 1.36 bits per heavy atom. The third kappa shape index (κ3) is 2.66. The summed E-state index contributed by atoms with van der Waals surface area (Å²) in [6, 6.07) is 6.32. The van der Waals surface area contributed by atoms with Gasteiger partial charge in [-0.1, -0.05) is 19.9 Å². The molecule has 14 heavy (non-hydrogen) atoms. The molecular formula is C12H19NO. The van der Waals surface area contributed by atoms with E-state index in [1.54, 1.807) is 7.11 Å². The summed E-state index contributed by atoms with van der Waals surface area (Å²) in [6.45, 7) is 4.44. The number of hydrogen-bond acceptors (Lipinski definition) is 2. The maximum absolute atomic E-state index is 5.30. The van der Waals surface area contributed by atoms with Gasteiger partial charge in [-0.25, -0.2) is 0 Å². The molecule has 1 aromatic carbocycles. The fourth-order valence-corrected chi connectivity index (χ4v) is 1.54. The van der Waals surface area contributed by atoms with E-state index in [0.717, 1.165) is 17.9 Å². The van der Waals surface area contributed by atoms with E-state index in [0.29, 0.717) is 5.92 Å². The highest BCUT2D eigenvalue weighted by atomic mass is 16.5. The molecule has 0 fully saturated rings. The highest BCUT2D eigenvalue weighted by Crippen LogP contribution is 2.25. The Labute approximate surface area is 86.3 Å². The normalized spacial score (nSPS) is 10.4.